The molecule has 0 fully saturated rings. The summed E-state index contributed by atoms with van der Waals surface area (Å²) in [5.41, 5.74) is -0.260. The fraction of sp³-hybridized carbons (Fsp3) is 0.500. The van der Waals surface area contributed by atoms with Crippen LogP contribution in [0.4, 0.5) is 8.78 Å². The van der Waals surface area contributed by atoms with Crippen molar-refractivity contribution >= 4 is 0 Å². The van der Waals surface area contributed by atoms with E-state index in [2.05, 4.69) is 0 Å². The van der Waals surface area contributed by atoms with Gasteiger partial charge in [0.05, 0.1) is 6.10 Å². The summed E-state index contributed by atoms with van der Waals surface area (Å²) in [6, 6.07) is 3.41. The molecular formula is C12H16F2O. The van der Waals surface area contributed by atoms with Crippen molar-refractivity contribution in [2.75, 3.05) is 0 Å². The van der Waals surface area contributed by atoms with Gasteiger partial charge < -0.3 is 5.11 Å². The maximum absolute atomic E-state index is 13.5. The Labute approximate surface area is 88.7 Å². The molecule has 1 atom stereocenters. The predicted octanol–water partition coefficient (Wildman–Crippen LogP) is 3.01. The lowest BCUT2D eigenvalue weighted by molar-refractivity contribution is 0.155. The smallest absolute Gasteiger partial charge is 0.127 e. The van der Waals surface area contributed by atoms with Crippen molar-refractivity contribution in [1.82, 2.24) is 0 Å². The van der Waals surface area contributed by atoms with Gasteiger partial charge in [-0.05, 0) is 42.5 Å². The lowest BCUT2D eigenvalue weighted by atomic mass is 9.79. The van der Waals surface area contributed by atoms with Crippen LogP contribution in [0.5, 0.6) is 0 Å². The lowest BCUT2D eigenvalue weighted by Gasteiger charge is -2.27. The van der Waals surface area contributed by atoms with Crippen LogP contribution in [0.3, 0.4) is 0 Å². The zero-order chi connectivity index (χ0) is 11.6. The van der Waals surface area contributed by atoms with E-state index in [0.717, 1.165) is 12.1 Å². The molecule has 84 valence electrons. The zero-order valence-electron chi connectivity index (χ0n) is 9.22. The molecular weight excluding hydrogens is 198 g/mol. The summed E-state index contributed by atoms with van der Waals surface area (Å²) in [4.78, 5) is 0. The minimum Gasteiger partial charge on any atom is -0.393 e. The Bertz CT molecular complexity index is 345. The van der Waals surface area contributed by atoms with Crippen LogP contribution in [0, 0.1) is 11.6 Å². The van der Waals surface area contributed by atoms with Gasteiger partial charge in [0.25, 0.3) is 0 Å². The van der Waals surface area contributed by atoms with Gasteiger partial charge in [0, 0.05) is 0 Å². The van der Waals surface area contributed by atoms with E-state index in [0.29, 0.717) is 12.0 Å². The second kappa shape index (κ2) is 4.27. The van der Waals surface area contributed by atoms with Crippen molar-refractivity contribution in [2.24, 2.45) is 0 Å². The highest BCUT2D eigenvalue weighted by molar-refractivity contribution is 5.26. The average molecular weight is 214 g/mol. The summed E-state index contributed by atoms with van der Waals surface area (Å²) >= 11 is 0. The van der Waals surface area contributed by atoms with E-state index in [4.69, 9.17) is 0 Å². The molecule has 1 aromatic rings. The molecule has 0 spiro atoms. The van der Waals surface area contributed by atoms with Crippen LogP contribution >= 0.6 is 0 Å². The van der Waals surface area contributed by atoms with Crippen molar-refractivity contribution in [3.05, 3.63) is 35.4 Å². The van der Waals surface area contributed by atoms with Gasteiger partial charge in [-0.2, -0.15) is 0 Å². The van der Waals surface area contributed by atoms with E-state index < -0.39 is 23.2 Å². The molecule has 1 N–H and O–H groups in total. The second-order valence-corrected chi connectivity index (χ2v) is 4.56. The van der Waals surface area contributed by atoms with Crippen molar-refractivity contribution in [2.45, 2.75) is 38.7 Å². The minimum atomic E-state index is -0.569. The van der Waals surface area contributed by atoms with Crippen molar-refractivity contribution in [3.63, 3.8) is 0 Å². The van der Waals surface area contributed by atoms with E-state index in [1.165, 1.54) is 6.07 Å². The van der Waals surface area contributed by atoms with Crippen LogP contribution in [-0.2, 0) is 5.41 Å². The zero-order valence-corrected chi connectivity index (χ0v) is 9.22. The molecule has 1 aromatic carbocycles. The first kappa shape index (κ1) is 12.1. The van der Waals surface area contributed by atoms with Gasteiger partial charge >= 0.3 is 0 Å². The third kappa shape index (κ3) is 2.99. The molecule has 15 heavy (non-hydrogen) atoms. The Balaban J connectivity index is 3.08. The van der Waals surface area contributed by atoms with E-state index in [-0.39, 0.29) is 0 Å². The fourth-order valence-electron chi connectivity index (χ4n) is 1.86. The number of aliphatic hydroxyl groups excluding tert-OH is 1. The van der Waals surface area contributed by atoms with Crippen LogP contribution in [0.1, 0.15) is 32.8 Å². The van der Waals surface area contributed by atoms with Gasteiger partial charge in [0.1, 0.15) is 11.6 Å². The first-order chi connectivity index (χ1) is 6.83. The normalized spacial score (nSPS) is 14.0. The molecule has 0 aliphatic carbocycles. The van der Waals surface area contributed by atoms with Gasteiger partial charge in [-0.15, -0.1) is 0 Å². The molecule has 0 aliphatic heterocycles. The summed E-state index contributed by atoms with van der Waals surface area (Å²) in [6.45, 7) is 5.22. The Morgan fingerprint density at radius 3 is 2.47 bits per heavy atom. The maximum Gasteiger partial charge on any atom is 0.127 e. The molecule has 0 heterocycles. The SMILES string of the molecule is CC(O)CC(C)(C)c1cc(F)ccc1F. The molecule has 0 bridgehead atoms. The Morgan fingerprint density at radius 2 is 1.93 bits per heavy atom. The topological polar surface area (TPSA) is 20.2 Å². The molecule has 0 saturated heterocycles. The third-order valence-corrected chi connectivity index (χ3v) is 2.46. The van der Waals surface area contributed by atoms with Crippen LogP contribution in [0.25, 0.3) is 0 Å². The van der Waals surface area contributed by atoms with E-state index in [1.807, 2.05) is 0 Å². The Kier molecular flexibility index (Phi) is 3.45. The van der Waals surface area contributed by atoms with Gasteiger partial charge in [-0.1, -0.05) is 13.8 Å². The monoisotopic (exact) mass is 214 g/mol. The Hall–Kier alpha value is -0.960. The molecule has 0 aliphatic rings. The Morgan fingerprint density at radius 1 is 1.33 bits per heavy atom. The highest BCUT2D eigenvalue weighted by Crippen LogP contribution is 2.30. The minimum absolute atomic E-state index is 0.309. The highest BCUT2D eigenvalue weighted by atomic mass is 19.1. The fourth-order valence-corrected chi connectivity index (χ4v) is 1.86. The first-order valence-electron chi connectivity index (χ1n) is 4.96. The second-order valence-electron chi connectivity index (χ2n) is 4.56. The van der Waals surface area contributed by atoms with E-state index in [9.17, 15) is 13.9 Å². The highest BCUT2D eigenvalue weighted by Gasteiger charge is 2.26. The summed E-state index contributed by atoms with van der Waals surface area (Å²) in [5, 5.41) is 9.29. The molecule has 0 saturated carbocycles. The molecule has 0 aromatic heterocycles. The number of hydrogen-bond donors (Lipinski definition) is 1. The third-order valence-electron chi connectivity index (χ3n) is 2.46. The van der Waals surface area contributed by atoms with Crippen molar-refractivity contribution < 1.29 is 13.9 Å². The van der Waals surface area contributed by atoms with E-state index in [1.54, 1.807) is 20.8 Å². The summed E-state index contributed by atoms with van der Waals surface area (Å²) < 4.78 is 26.5. The van der Waals surface area contributed by atoms with Gasteiger partial charge in [-0.25, -0.2) is 8.78 Å². The lowest BCUT2D eigenvalue weighted by Crippen LogP contribution is -2.24. The largest absolute Gasteiger partial charge is 0.393 e. The van der Waals surface area contributed by atoms with Crippen LogP contribution in [0.15, 0.2) is 18.2 Å². The summed E-state index contributed by atoms with van der Waals surface area (Å²) in [6.07, 6.45) is -0.143. The maximum atomic E-state index is 13.5. The molecule has 1 rings (SSSR count). The van der Waals surface area contributed by atoms with Crippen molar-refractivity contribution in [3.8, 4) is 0 Å². The first-order valence-corrected chi connectivity index (χ1v) is 4.96. The average Bonchev–Trinajstić information content (AvgIpc) is 2.06. The van der Waals surface area contributed by atoms with Gasteiger partial charge in [0.15, 0.2) is 0 Å². The molecule has 3 heteroatoms. The van der Waals surface area contributed by atoms with Gasteiger partial charge in [0.2, 0.25) is 0 Å². The number of benzene rings is 1. The van der Waals surface area contributed by atoms with Crippen LogP contribution in [0.2, 0.25) is 0 Å². The standard InChI is InChI=1S/C12H16F2O/c1-8(15)7-12(2,3)10-6-9(13)4-5-11(10)14/h4-6,8,15H,7H2,1-3H3. The number of aliphatic hydroxyl groups is 1. The van der Waals surface area contributed by atoms with Gasteiger partial charge in [-0.3, -0.25) is 0 Å². The molecule has 1 nitrogen and oxygen atoms in total. The quantitative estimate of drug-likeness (QED) is 0.820. The molecule has 0 radical (unpaired) electrons. The molecule has 0 amide bonds. The number of halogens is 2. The predicted molar refractivity (Wildman–Crippen MR) is 55.7 cm³/mol. The van der Waals surface area contributed by atoms with Crippen LogP contribution < -0.4 is 0 Å². The molecule has 1 unspecified atom stereocenters. The van der Waals surface area contributed by atoms with Crippen LogP contribution in [-0.4, -0.2) is 11.2 Å². The van der Waals surface area contributed by atoms with Crippen molar-refractivity contribution in [1.29, 1.82) is 0 Å². The number of rotatable bonds is 3. The summed E-state index contributed by atoms with van der Waals surface area (Å²) in [7, 11) is 0. The summed E-state index contributed by atoms with van der Waals surface area (Å²) in [5.74, 6) is -0.882. The van der Waals surface area contributed by atoms with E-state index >= 15 is 0 Å². The number of hydrogen-bond acceptors (Lipinski definition) is 1.